The number of carbonyl (C=O) groups excluding carboxylic acids is 4. The molecule has 6 rings (SSSR count). The fourth-order valence-corrected chi connectivity index (χ4v) is 7.91. The van der Waals surface area contributed by atoms with E-state index in [2.05, 4.69) is 27.3 Å². The van der Waals surface area contributed by atoms with Crippen LogP contribution in [0.1, 0.15) is 47.5 Å². The van der Waals surface area contributed by atoms with Gasteiger partial charge in [-0.25, -0.2) is 0 Å². The normalized spacial score (nSPS) is 11.4. The van der Waals surface area contributed by atoms with Crippen LogP contribution < -0.4 is 30.7 Å². The Morgan fingerprint density at radius 3 is 2.05 bits per heavy atom. The smallest absolute Gasteiger partial charge is 0.272 e. The zero-order chi connectivity index (χ0) is 41.0. The number of nitrogens with one attached hydrogen (secondary N) is 4. The molecule has 5 aromatic carbocycles. The summed E-state index contributed by atoms with van der Waals surface area (Å²) in [7, 11) is 3.02. The van der Waals surface area contributed by atoms with Gasteiger partial charge in [0.05, 0.1) is 24.7 Å². The molecule has 1 unspecified atom stereocenters. The predicted octanol–water partition coefficient (Wildman–Crippen LogP) is 9.08. The Balaban J connectivity index is 1.24. The molecule has 0 fully saturated rings. The van der Waals surface area contributed by atoms with Crippen LogP contribution >= 0.6 is 23.1 Å². The molecular weight excluding hydrogens is 771 g/mol. The molecule has 0 spiro atoms. The Morgan fingerprint density at radius 1 is 0.724 bits per heavy atom. The highest BCUT2D eigenvalue weighted by Gasteiger charge is 2.27. The number of carbonyl (C=O) groups is 4. The summed E-state index contributed by atoms with van der Waals surface area (Å²) < 4.78 is 10.8. The number of ether oxygens (including phenoxy) is 2. The molecule has 4 amide bonds. The van der Waals surface area contributed by atoms with Crippen LogP contribution in [0, 0.1) is 18.3 Å². The monoisotopic (exact) mass is 807 g/mol. The third kappa shape index (κ3) is 9.99. The first-order chi connectivity index (χ1) is 28.2. The van der Waals surface area contributed by atoms with Gasteiger partial charge in [0, 0.05) is 21.8 Å². The average Bonchev–Trinajstić information content (AvgIpc) is 3.57. The van der Waals surface area contributed by atoms with Crippen molar-refractivity contribution in [3.05, 3.63) is 172 Å². The number of methoxy groups -OCH3 is 2. The van der Waals surface area contributed by atoms with E-state index in [1.54, 1.807) is 97.9 Å². The first kappa shape index (κ1) is 40.5. The summed E-state index contributed by atoms with van der Waals surface area (Å²) in [5, 5.41) is 20.9. The van der Waals surface area contributed by atoms with Crippen LogP contribution in [-0.4, -0.2) is 37.8 Å². The predicted molar refractivity (Wildman–Crippen MR) is 228 cm³/mol. The maximum absolute atomic E-state index is 14.1. The lowest BCUT2D eigenvalue weighted by atomic mass is 10.1. The Hall–Kier alpha value is -7.14. The number of thioether (sulfide) groups is 1. The fourth-order valence-electron chi connectivity index (χ4n) is 5.77. The largest absolute Gasteiger partial charge is 0.493 e. The van der Waals surface area contributed by atoms with Crippen LogP contribution in [0.15, 0.2) is 144 Å². The zero-order valence-electron chi connectivity index (χ0n) is 31.6. The lowest BCUT2D eigenvalue weighted by molar-refractivity contribution is -0.116. The van der Waals surface area contributed by atoms with Crippen LogP contribution in [0.4, 0.5) is 16.4 Å². The van der Waals surface area contributed by atoms with Gasteiger partial charge in [-0.1, -0.05) is 78.9 Å². The highest BCUT2D eigenvalue weighted by atomic mass is 32.2. The van der Waals surface area contributed by atoms with E-state index >= 15 is 0 Å². The Morgan fingerprint density at radius 2 is 1.38 bits per heavy atom. The number of nitriles is 1. The molecule has 0 saturated heterocycles. The van der Waals surface area contributed by atoms with Gasteiger partial charge in [0.2, 0.25) is 5.91 Å². The number of amides is 4. The Bertz CT molecular complexity index is 2520. The van der Waals surface area contributed by atoms with E-state index in [4.69, 9.17) is 9.47 Å². The van der Waals surface area contributed by atoms with E-state index in [0.29, 0.717) is 54.9 Å². The molecule has 6 aromatic rings. The lowest BCUT2D eigenvalue weighted by Crippen LogP contribution is -2.30. The average molecular weight is 808 g/mol. The van der Waals surface area contributed by atoms with E-state index < -0.39 is 23.0 Å². The number of rotatable bonds is 14. The van der Waals surface area contributed by atoms with E-state index in [9.17, 15) is 24.4 Å². The standard InChI is InChI=1S/C45H37N5O6S2/c1-28-35(27-46)45(58-39(28)43(53)47-32-18-11-6-12-19-32)50-44(54)40(30-14-7-4-8-15-30)57-34-21-13-20-33(26-34)48-42(52)36(49-41(51)31-16-9-5-10-17-31)24-29-22-23-37(55-2)38(25-29)56-3/h4-26,40H,1-3H3,(H,47,53)(H,48,52)(H,49,51)(H,50,54)/b36-24+. The summed E-state index contributed by atoms with van der Waals surface area (Å²) >= 11 is 2.27. The number of thiophene rings is 1. The number of anilines is 3. The van der Waals surface area contributed by atoms with Crippen molar-refractivity contribution in [3.8, 4) is 17.6 Å². The van der Waals surface area contributed by atoms with Gasteiger partial charge in [-0.3, -0.25) is 19.2 Å². The highest BCUT2D eigenvalue weighted by molar-refractivity contribution is 8.00. The van der Waals surface area contributed by atoms with Crippen molar-refractivity contribution in [3.63, 3.8) is 0 Å². The Kier molecular flexibility index (Phi) is 13.4. The van der Waals surface area contributed by atoms with Gasteiger partial charge < -0.3 is 30.7 Å². The van der Waals surface area contributed by atoms with Crippen LogP contribution in [0.3, 0.4) is 0 Å². The first-order valence-electron chi connectivity index (χ1n) is 17.8. The number of benzene rings is 5. The third-order valence-electron chi connectivity index (χ3n) is 8.67. The van der Waals surface area contributed by atoms with Crippen LogP contribution in [-0.2, 0) is 9.59 Å². The maximum Gasteiger partial charge on any atom is 0.272 e. The second-order valence-electron chi connectivity index (χ2n) is 12.6. The maximum atomic E-state index is 14.1. The molecule has 0 aliphatic rings. The topological polar surface area (TPSA) is 159 Å². The van der Waals surface area contributed by atoms with E-state index in [1.165, 1.54) is 32.1 Å². The van der Waals surface area contributed by atoms with E-state index in [-0.39, 0.29) is 22.2 Å². The van der Waals surface area contributed by atoms with Crippen molar-refractivity contribution in [2.75, 3.05) is 30.2 Å². The molecule has 0 aliphatic heterocycles. The molecular formula is C45H37N5O6S2. The molecule has 11 nitrogen and oxygen atoms in total. The molecule has 0 radical (unpaired) electrons. The summed E-state index contributed by atoms with van der Waals surface area (Å²) in [4.78, 5) is 55.4. The highest BCUT2D eigenvalue weighted by Crippen LogP contribution is 2.39. The summed E-state index contributed by atoms with van der Waals surface area (Å²) in [6.07, 6.45) is 1.53. The van der Waals surface area contributed by atoms with Gasteiger partial charge in [-0.2, -0.15) is 5.26 Å². The van der Waals surface area contributed by atoms with Gasteiger partial charge in [0.25, 0.3) is 17.7 Å². The summed E-state index contributed by atoms with van der Waals surface area (Å²) in [5.74, 6) is -0.931. The first-order valence-corrected chi connectivity index (χ1v) is 19.5. The second-order valence-corrected chi connectivity index (χ2v) is 14.8. The minimum absolute atomic E-state index is 0.0305. The number of hydrogen-bond acceptors (Lipinski definition) is 9. The lowest BCUT2D eigenvalue weighted by Gasteiger charge is -2.17. The van der Waals surface area contributed by atoms with Gasteiger partial charge in [0.1, 0.15) is 22.0 Å². The van der Waals surface area contributed by atoms with Crippen LogP contribution in [0.5, 0.6) is 11.5 Å². The van der Waals surface area contributed by atoms with Gasteiger partial charge in [-0.05, 0) is 84.3 Å². The summed E-state index contributed by atoms with van der Waals surface area (Å²) in [6, 6.07) is 40.9. The van der Waals surface area contributed by atoms with Crippen molar-refractivity contribution in [1.82, 2.24) is 5.32 Å². The van der Waals surface area contributed by atoms with Crippen molar-refractivity contribution in [1.29, 1.82) is 5.26 Å². The molecule has 58 heavy (non-hydrogen) atoms. The molecule has 1 atom stereocenters. The van der Waals surface area contributed by atoms with Crippen molar-refractivity contribution in [2.45, 2.75) is 17.1 Å². The molecule has 290 valence electrons. The fraction of sp³-hybridized carbons (Fsp3) is 0.0889. The van der Waals surface area contributed by atoms with Gasteiger partial charge >= 0.3 is 0 Å². The quantitative estimate of drug-likeness (QED) is 0.0627. The van der Waals surface area contributed by atoms with Gasteiger partial charge in [0.15, 0.2) is 11.5 Å². The molecule has 0 bridgehead atoms. The van der Waals surface area contributed by atoms with Crippen LogP contribution in [0.2, 0.25) is 0 Å². The number of hydrogen-bond donors (Lipinski definition) is 4. The molecule has 13 heteroatoms. The zero-order valence-corrected chi connectivity index (χ0v) is 33.2. The minimum atomic E-state index is -0.798. The summed E-state index contributed by atoms with van der Waals surface area (Å²) in [5.41, 5.74) is 3.27. The molecule has 4 N–H and O–H groups in total. The van der Waals surface area contributed by atoms with Crippen molar-refractivity contribution >= 4 is 69.2 Å². The molecule has 0 aliphatic carbocycles. The van der Waals surface area contributed by atoms with Gasteiger partial charge in [-0.15, -0.1) is 23.1 Å². The van der Waals surface area contributed by atoms with Crippen LogP contribution in [0.25, 0.3) is 6.08 Å². The van der Waals surface area contributed by atoms with E-state index in [1.807, 2.05) is 42.5 Å². The Labute approximate surface area is 343 Å². The molecule has 0 saturated carbocycles. The minimum Gasteiger partial charge on any atom is -0.493 e. The third-order valence-corrected chi connectivity index (χ3v) is 11.1. The number of para-hydroxylation sites is 1. The number of nitrogens with zero attached hydrogens (tertiary/aromatic N) is 1. The molecule has 1 heterocycles. The van der Waals surface area contributed by atoms with Crippen molar-refractivity contribution in [2.24, 2.45) is 0 Å². The van der Waals surface area contributed by atoms with Crippen molar-refractivity contribution < 1.29 is 28.7 Å². The summed E-state index contributed by atoms with van der Waals surface area (Å²) in [6.45, 7) is 1.68. The molecule has 1 aromatic heterocycles. The SMILES string of the molecule is COc1ccc(/C=C(/NC(=O)c2ccccc2)C(=O)Nc2cccc(SC(C(=O)Nc3sc(C(=O)Nc4ccccc4)c(C)c3C#N)c3ccccc3)c2)cc1OC. The van der Waals surface area contributed by atoms with E-state index in [0.717, 1.165) is 11.3 Å². The second kappa shape index (κ2) is 19.1.